The van der Waals surface area contributed by atoms with Crippen LogP contribution < -0.4 is 10.6 Å². The highest BCUT2D eigenvalue weighted by Gasteiger charge is 2.27. The van der Waals surface area contributed by atoms with Crippen molar-refractivity contribution in [1.82, 2.24) is 9.80 Å². The second-order valence-electron chi connectivity index (χ2n) is 7.06. The SMILES string of the molecule is CCN1CCN(c2ccc(C(=O)N3CCC(C(N)=O)CC3)cc2F)CC1. The molecule has 0 aromatic heterocycles. The smallest absolute Gasteiger partial charge is 0.253 e. The number of anilines is 1. The molecular formula is C19H27FN4O2. The van der Waals surface area contributed by atoms with Crippen molar-refractivity contribution in [3.05, 3.63) is 29.6 Å². The van der Waals surface area contributed by atoms with Crippen LogP contribution in [-0.2, 0) is 4.79 Å². The Morgan fingerprint density at radius 1 is 1.12 bits per heavy atom. The number of carbonyl (C=O) groups is 2. The number of piperazine rings is 1. The number of likely N-dealkylation sites (N-methyl/N-ethyl adjacent to an activating group) is 1. The van der Waals surface area contributed by atoms with Crippen LogP contribution in [0.15, 0.2) is 18.2 Å². The van der Waals surface area contributed by atoms with E-state index in [0.717, 1.165) is 32.7 Å². The largest absolute Gasteiger partial charge is 0.369 e. The predicted octanol–water partition coefficient (Wildman–Crippen LogP) is 1.31. The van der Waals surface area contributed by atoms with Crippen molar-refractivity contribution >= 4 is 17.5 Å². The molecule has 2 saturated heterocycles. The normalized spacial score (nSPS) is 19.6. The van der Waals surface area contributed by atoms with Gasteiger partial charge in [-0.25, -0.2) is 4.39 Å². The minimum Gasteiger partial charge on any atom is -0.369 e. The maximum Gasteiger partial charge on any atom is 0.253 e. The molecule has 0 bridgehead atoms. The lowest BCUT2D eigenvalue weighted by Gasteiger charge is -2.35. The number of likely N-dealkylation sites (tertiary alicyclic amines) is 1. The van der Waals surface area contributed by atoms with Gasteiger partial charge in [0.2, 0.25) is 5.91 Å². The number of carbonyl (C=O) groups excluding carboxylic acids is 2. The van der Waals surface area contributed by atoms with E-state index in [9.17, 15) is 14.0 Å². The van der Waals surface area contributed by atoms with Crippen molar-refractivity contribution in [2.24, 2.45) is 11.7 Å². The van der Waals surface area contributed by atoms with Gasteiger partial charge < -0.3 is 20.4 Å². The van der Waals surface area contributed by atoms with Crippen molar-refractivity contribution in [2.45, 2.75) is 19.8 Å². The summed E-state index contributed by atoms with van der Waals surface area (Å²) in [5.41, 5.74) is 6.24. The number of nitrogens with zero attached hydrogens (tertiary/aromatic N) is 3. The topological polar surface area (TPSA) is 69.9 Å². The Balaban J connectivity index is 1.64. The highest BCUT2D eigenvalue weighted by molar-refractivity contribution is 5.94. The fourth-order valence-electron chi connectivity index (χ4n) is 3.75. The summed E-state index contributed by atoms with van der Waals surface area (Å²) in [7, 11) is 0. The summed E-state index contributed by atoms with van der Waals surface area (Å²) >= 11 is 0. The molecule has 6 nitrogen and oxygen atoms in total. The van der Waals surface area contributed by atoms with Crippen molar-refractivity contribution in [2.75, 3.05) is 50.7 Å². The van der Waals surface area contributed by atoms with Crippen LogP contribution in [0.2, 0.25) is 0 Å². The third-order valence-electron chi connectivity index (χ3n) is 5.54. The molecule has 7 heteroatoms. The van der Waals surface area contributed by atoms with Crippen molar-refractivity contribution in [3.8, 4) is 0 Å². The second-order valence-corrected chi connectivity index (χ2v) is 7.06. The average molecular weight is 362 g/mol. The number of hydrogen-bond acceptors (Lipinski definition) is 4. The minimum atomic E-state index is -0.354. The van der Waals surface area contributed by atoms with Gasteiger partial charge >= 0.3 is 0 Å². The second kappa shape index (κ2) is 8.03. The molecule has 2 heterocycles. The number of hydrogen-bond donors (Lipinski definition) is 1. The first-order valence-corrected chi connectivity index (χ1v) is 9.35. The highest BCUT2D eigenvalue weighted by Crippen LogP contribution is 2.24. The summed E-state index contributed by atoms with van der Waals surface area (Å²) in [4.78, 5) is 29.9. The molecule has 0 saturated carbocycles. The maximum atomic E-state index is 14.6. The fourth-order valence-corrected chi connectivity index (χ4v) is 3.75. The van der Waals surface area contributed by atoms with Gasteiger partial charge in [-0.2, -0.15) is 0 Å². The molecule has 1 aromatic rings. The third-order valence-corrected chi connectivity index (χ3v) is 5.54. The van der Waals surface area contributed by atoms with Crippen LogP contribution in [0.1, 0.15) is 30.1 Å². The van der Waals surface area contributed by atoms with E-state index in [1.165, 1.54) is 6.07 Å². The summed E-state index contributed by atoms with van der Waals surface area (Å²) in [6.45, 7) is 7.52. The van der Waals surface area contributed by atoms with Gasteiger partial charge in [-0.3, -0.25) is 9.59 Å². The van der Waals surface area contributed by atoms with Crippen molar-refractivity contribution < 1.29 is 14.0 Å². The van der Waals surface area contributed by atoms with Crippen molar-refractivity contribution in [1.29, 1.82) is 0 Å². The van der Waals surface area contributed by atoms with Gasteiger partial charge in [0.05, 0.1) is 5.69 Å². The Kier molecular flexibility index (Phi) is 5.76. The zero-order valence-corrected chi connectivity index (χ0v) is 15.3. The summed E-state index contributed by atoms with van der Waals surface area (Å²) in [5, 5.41) is 0. The standard InChI is InChI=1S/C19H27FN4O2/c1-2-22-9-11-23(12-10-22)17-4-3-15(13-16(17)20)19(26)24-7-5-14(6-8-24)18(21)25/h3-4,13-14H,2,5-12H2,1H3,(H2,21,25). The lowest BCUT2D eigenvalue weighted by atomic mass is 9.96. The van der Waals surface area contributed by atoms with E-state index in [2.05, 4.69) is 11.8 Å². The Labute approximate surface area is 153 Å². The molecule has 2 fully saturated rings. The van der Waals surface area contributed by atoms with E-state index in [0.29, 0.717) is 37.2 Å². The predicted molar refractivity (Wildman–Crippen MR) is 98.5 cm³/mol. The molecule has 2 aliphatic rings. The van der Waals surface area contributed by atoms with Gasteiger partial charge in [0.25, 0.3) is 5.91 Å². The van der Waals surface area contributed by atoms with Crippen LogP contribution in [0.25, 0.3) is 0 Å². The average Bonchev–Trinajstić information content (AvgIpc) is 2.67. The molecular weight excluding hydrogens is 335 g/mol. The molecule has 26 heavy (non-hydrogen) atoms. The van der Waals surface area contributed by atoms with Crippen LogP contribution in [0.5, 0.6) is 0 Å². The Morgan fingerprint density at radius 3 is 2.31 bits per heavy atom. The molecule has 1 aromatic carbocycles. The monoisotopic (exact) mass is 362 g/mol. The summed E-state index contributed by atoms with van der Waals surface area (Å²) in [6.07, 6.45) is 1.15. The van der Waals surface area contributed by atoms with Gasteiger partial charge in [0.1, 0.15) is 5.82 Å². The highest BCUT2D eigenvalue weighted by atomic mass is 19.1. The first-order chi connectivity index (χ1) is 12.5. The first-order valence-electron chi connectivity index (χ1n) is 9.35. The molecule has 2 aliphatic heterocycles. The third kappa shape index (κ3) is 3.98. The molecule has 2 amide bonds. The molecule has 2 N–H and O–H groups in total. The number of primary amides is 1. The van der Waals surface area contributed by atoms with E-state index in [4.69, 9.17) is 5.73 Å². The molecule has 142 valence electrons. The number of nitrogens with two attached hydrogens (primary N) is 1. The van der Waals surface area contributed by atoms with E-state index in [1.54, 1.807) is 17.0 Å². The molecule has 0 atom stereocenters. The quantitative estimate of drug-likeness (QED) is 0.877. The van der Waals surface area contributed by atoms with Crippen LogP contribution >= 0.6 is 0 Å². The fraction of sp³-hybridized carbons (Fsp3) is 0.579. The maximum absolute atomic E-state index is 14.6. The number of piperidine rings is 1. The Morgan fingerprint density at radius 2 is 1.77 bits per heavy atom. The Bertz CT molecular complexity index is 666. The number of rotatable bonds is 4. The minimum absolute atomic E-state index is 0.167. The Hall–Kier alpha value is -2.15. The van der Waals surface area contributed by atoms with Crippen LogP contribution in [-0.4, -0.2) is 67.4 Å². The molecule has 3 rings (SSSR count). The molecule has 0 unspecified atom stereocenters. The van der Waals surface area contributed by atoms with Gasteiger partial charge in [-0.05, 0) is 37.6 Å². The van der Waals surface area contributed by atoms with Gasteiger partial charge in [-0.1, -0.05) is 6.92 Å². The summed E-state index contributed by atoms with van der Waals surface area (Å²) in [5.74, 6) is -1.02. The number of amides is 2. The van der Waals surface area contributed by atoms with Gasteiger partial charge in [0, 0.05) is 50.7 Å². The zero-order chi connectivity index (χ0) is 18.7. The first kappa shape index (κ1) is 18.6. The summed E-state index contributed by atoms with van der Waals surface area (Å²) in [6, 6.07) is 4.75. The van der Waals surface area contributed by atoms with Gasteiger partial charge in [-0.15, -0.1) is 0 Å². The van der Waals surface area contributed by atoms with Crippen molar-refractivity contribution in [3.63, 3.8) is 0 Å². The van der Waals surface area contributed by atoms with E-state index in [-0.39, 0.29) is 23.5 Å². The molecule has 0 spiro atoms. The molecule has 0 aliphatic carbocycles. The van der Waals surface area contributed by atoms with Crippen LogP contribution in [0.4, 0.5) is 10.1 Å². The van der Waals surface area contributed by atoms with Crippen LogP contribution in [0, 0.1) is 11.7 Å². The van der Waals surface area contributed by atoms with Gasteiger partial charge in [0.15, 0.2) is 0 Å². The molecule has 0 radical (unpaired) electrons. The summed E-state index contributed by atoms with van der Waals surface area (Å²) < 4.78 is 14.6. The van der Waals surface area contributed by atoms with Crippen LogP contribution in [0.3, 0.4) is 0 Å². The van der Waals surface area contributed by atoms with E-state index < -0.39 is 0 Å². The number of benzene rings is 1. The van der Waals surface area contributed by atoms with E-state index in [1.807, 2.05) is 4.90 Å². The number of halogens is 1. The zero-order valence-electron chi connectivity index (χ0n) is 15.3. The lowest BCUT2D eigenvalue weighted by Crippen LogP contribution is -2.46. The lowest BCUT2D eigenvalue weighted by molar-refractivity contribution is -0.123. The van der Waals surface area contributed by atoms with E-state index >= 15 is 0 Å².